The van der Waals surface area contributed by atoms with E-state index in [1.165, 1.54) is 11.8 Å². The van der Waals surface area contributed by atoms with Crippen LogP contribution in [-0.4, -0.2) is 29.3 Å². The van der Waals surface area contributed by atoms with Crippen LogP contribution in [0.5, 0.6) is 5.75 Å². The Morgan fingerprint density at radius 1 is 1.21 bits per heavy atom. The molecule has 4 rings (SSSR count). The SMILES string of the molecule is O=C1NC(=S)S/C1=C\c1ccc2c(c1)N(C(=O)c1ccc(Cl)c(Cl)c1)CCCO2. The molecule has 2 aromatic rings. The Bertz CT molecular complexity index is 1070. The molecule has 0 radical (unpaired) electrons. The summed E-state index contributed by atoms with van der Waals surface area (Å²) < 4.78 is 6.23. The summed E-state index contributed by atoms with van der Waals surface area (Å²) in [6.07, 6.45) is 2.43. The van der Waals surface area contributed by atoms with Crippen LogP contribution in [0, 0.1) is 0 Å². The van der Waals surface area contributed by atoms with Gasteiger partial charge in [-0.2, -0.15) is 0 Å². The van der Waals surface area contributed by atoms with Gasteiger partial charge >= 0.3 is 0 Å². The van der Waals surface area contributed by atoms with Crippen molar-refractivity contribution in [2.75, 3.05) is 18.1 Å². The highest BCUT2D eigenvalue weighted by Crippen LogP contribution is 2.35. The molecule has 1 saturated heterocycles. The maximum Gasteiger partial charge on any atom is 0.263 e. The number of carbonyl (C=O) groups is 2. The van der Waals surface area contributed by atoms with Gasteiger partial charge in [-0.3, -0.25) is 9.59 Å². The van der Waals surface area contributed by atoms with E-state index in [4.69, 9.17) is 40.2 Å². The van der Waals surface area contributed by atoms with Crippen molar-refractivity contribution in [3.8, 4) is 5.75 Å². The first-order valence-electron chi connectivity index (χ1n) is 8.71. The molecule has 2 amide bonds. The monoisotopic (exact) mass is 464 g/mol. The van der Waals surface area contributed by atoms with Gasteiger partial charge in [0.2, 0.25) is 0 Å². The van der Waals surface area contributed by atoms with Crippen molar-refractivity contribution in [2.24, 2.45) is 0 Å². The Hall–Kier alpha value is -2.06. The number of ether oxygens (including phenoxy) is 1. The van der Waals surface area contributed by atoms with E-state index in [2.05, 4.69) is 5.32 Å². The minimum absolute atomic E-state index is 0.200. The fraction of sp³-hybridized carbons (Fsp3) is 0.150. The summed E-state index contributed by atoms with van der Waals surface area (Å²) in [4.78, 5) is 27.3. The summed E-state index contributed by atoms with van der Waals surface area (Å²) >= 11 is 18.3. The zero-order chi connectivity index (χ0) is 20.5. The number of nitrogens with one attached hydrogen (secondary N) is 1. The number of anilines is 1. The highest BCUT2D eigenvalue weighted by Gasteiger charge is 2.25. The molecule has 0 saturated carbocycles. The van der Waals surface area contributed by atoms with Gasteiger partial charge in [-0.15, -0.1) is 0 Å². The quantitative estimate of drug-likeness (QED) is 0.505. The van der Waals surface area contributed by atoms with E-state index < -0.39 is 0 Å². The van der Waals surface area contributed by atoms with Crippen LogP contribution in [0.15, 0.2) is 41.3 Å². The minimum atomic E-state index is -0.227. The Morgan fingerprint density at radius 2 is 2.03 bits per heavy atom. The van der Waals surface area contributed by atoms with E-state index in [0.29, 0.717) is 55.8 Å². The molecule has 0 unspecified atom stereocenters. The fourth-order valence-electron chi connectivity index (χ4n) is 3.05. The zero-order valence-corrected chi connectivity index (χ0v) is 18.1. The normalized spacial score (nSPS) is 17.6. The second-order valence-corrected chi connectivity index (χ2v) is 8.90. The van der Waals surface area contributed by atoms with Crippen molar-refractivity contribution in [1.82, 2.24) is 5.32 Å². The number of thioether (sulfide) groups is 1. The molecule has 0 atom stereocenters. The molecule has 9 heteroatoms. The molecule has 0 aliphatic carbocycles. The van der Waals surface area contributed by atoms with Gasteiger partial charge in [0, 0.05) is 12.1 Å². The van der Waals surface area contributed by atoms with Gasteiger partial charge in [0.05, 0.1) is 27.2 Å². The molecule has 0 spiro atoms. The number of nitrogens with zero attached hydrogens (tertiary/aromatic N) is 1. The van der Waals surface area contributed by atoms with Gasteiger partial charge in [0.1, 0.15) is 10.1 Å². The molecule has 29 heavy (non-hydrogen) atoms. The smallest absolute Gasteiger partial charge is 0.263 e. The second kappa shape index (κ2) is 8.36. The Balaban J connectivity index is 1.72. The van der Waals surface area contributed by atoms with Crippen molar-refractivity contribution in [2.45, 2.75) is 6.42 Å². The van der Waals surface area contributed by atoms with E-state index in [1.807, 2.05) is 12.1 Å². The summed E-state index contributed by atoms with van der Waals surface area (Å²) in [5.41, 5.74) is 1.84. The van der Waals surface area contributed by atoms with E-state index in [9.17, 15) is 9.59 Å². The van der Waals surface area contributed by atoms with Crippen LogP contribution in [0.3, 0.4) is 0 Å². The first-order chi connectivity index (χ1) is 13.9. The number of thiocarbonyl (C=S) groups is 1. The lowest BCUT2D eigenvalue weighted by molar-refractivity contribution is -0.115. The predicted molar refractivity (Wildman–Crippen MR) is 121 cm³/mol. The molecule has 148 valence electrons. The molecular weight excluding hydrogens is 451 g/mol. The third-order valence-electron chi connectivity index (χ3n) is 4.41. The third kappa shape index (κ3) is 4.28. The Morgan fingerprint density at radius 3 is 2.76 bits per heavy atom. The van der Waals surface area contributed by atoms with Crippen molar-refractivity contribution in [1.29, 1.82) is 0 Å². The number of amides is 2. The molecule has 0 bridgehead atoms. The van der Waals surface area contributed by atoms with Crippen molar-refractivity contribution in [3.05, 3.63) is 62.5 Å². The highest BCUT2D eigenvalue weighted by atomic mass is 35.5. The Labute approximate surface area is 187 Å². The molecule has 1 fully saturated rings. The molecule has 1 N–H and O–H groups in total. The van der Waals surface area contributed by atoms with Crippen LogP contribution < -0.4 is 15.0 Å². The van der Waals surface area contributed by atoms with Gasteiger partial charge < -0.3 is 15.0 Å². The van der Waals surface area contributed by atoms with Crippen molar-refractivity contribution in [3.63, 3.8) is 0 Å². The molecule has 2 aliphatic heterocycles. The van der Waals surface area contributed by atoms with Gasteiger partial charge in [-0.05, 0) is 48.4 Å². The molecule has 2 aromatic carbocycles. The maximum atomic E-state index is 13.2. The fourth-order valence-corrected chi connectivity index (χ4v) is 4.39. The van der Waals surface area contributed by atoms with Gasteiger partial charge in [0.25, 0.3) is 11.8 Å². The number of hydrogen-bond acceptors (Lipinski definition) is 5. The zero-order valence-electron chi connectivity index (χ0n) is 14.9. The summed E-state index contributed by atoms with van der Waals surface area (Å²) in [5.74, 6) is 0.182. The number of fused-ring (bicyclic) bond motifs is 1. The lowest BCUT2D eigenvalue weighted by Crippen LogP contribution is -2.31. The van der Waals surface area contributed by atoms with Crippen LogP contribution in [0.1, 0.15) is 22.3 Å². The molecule has 0 aromatic heterocycles. The average Bonchev–Trinajstić information content (AvgIpc) is 2.89. The topological polar surface area (TPSA) is 58.6 Å². The summed E-state index contributed by atoms with van der Waals surface area (Å²) in [7, 11) is 0. The van der Waals surface area contributed by atoms with Gasteiger partial charge in [-0.1, -0.05) is 53.2 Å². The van der Waals surface area contributed by atoms with Gasteiger partial charge in [-0.25, -0.2) is 0 Å². The lowest BCUT2D eigenvalue weighted by atomic mass is 10.1. The largest absolute Gasteiger partial charge is 0.491 e. The van der Waals surface area contributed by atoms with Crippen LogP contribution >= 0.6 is 47.2 Å². The number of hydrogen-bond donors (Lipinski definition) is 1. The number of benzene rings is 2. The molecule has 2 heterocycles. The second-order valence-electron chi connectivity index (χ2n) is 6.37. The van der Waals surface area contributed by atoms with E-state index in [1.54, 1.807) is 35.2 Å². The summed E-state index contributed by atoms with van der Waals surface area (Å²) in [6, 6.07) is 10.3. The molecule has 5 nitrogen and oxygen atoms in total. The van der Waals surface area contributed by atoms with Crippen LogP contribution in [0.25, 0.3) is 6.08 Å². The molecular formula is C20H14Cl2N2O3S2. The van der Waals surface area contributed by atoms with E-state index in [0.717, 1.165) is 5.56 Å². The van der Waals surface area contributed by atoms with E-state index in [-0.39, 0.29) is 11.8 Å². The van der Waals surface area contributed by atoms with E-state index >= 15 is 0 Å². The van der Waals surface area contributed by atoms with Crippen LogP contribution in [0.2, 0.25) is 10.0 Å². The van der Waals surface area contributed by atoms with Crippen molar-refractivity contribution < 1.29 is 14.3 Å². The van der Waals surface area contributed by atoms with Crippen LogP contribution in [0.4, 0.5) is 5.69 Å². The first kappa shape index (κ1) is 20.2. The standard InChI is InChI=1S/C20H14Cl2N2O3S2/c21-13-4-3-12(10-14(13)22)19(26)24-6-1-7-27-16-5-2-11(8-15(16)24)9-17-18(25)23-20(28)29-17/h2-5,8-10H,1,6-7H2,(H,23,25,28)/b17-9-. The Kier molecular flexibility index (Phi) is 5.83. The predicted octanol–water partition coefficient (Wildman–Crippen LogP) is 4.91. The van der Waals surface area contributed by atoms with Crippen LogP contribution in [-0.2, 0) is 4.79 Å². The number of rotatable bonds is 2. The number of halogens is 2. The number of carbonyl (C=O) groups excluding carboxylic acids is 2. The minimum Gasteiger partial charge on any atom is -0.491 e. The highest BCUT2D eigenvalue weighted by molar-refractivity contribution is 8.26. The average molecular weight is 465 g/mol. The van der Waals surface area contributed by atoms with Gasteiger partial charge in [0.15, 0.2) is 0 Å². The first-order valence-corrected chi connectivity index (χ1v) is 10.7. The third-order valence-corrected chi connectivity index (χ3v) is 6.31. The van der Waals surface area contributed by atoms with Crippen molar-refractivity contribution >= 4 is 75.1 Å². The molecule has 2 aliphatic rings. The maximum absolute atomic E-state index is 13.2. The summed E-state index contributed by atoms with van der Waals surface area (Å²) in [5, 5.41) is 3.30. The lowest BCUT2D eigenvalue weighted by Gasteiger charge is -2.22. The summed E-state index contributed by atoms with van der Waals surface area (Å²) in [6.45, 7) is 0.997.